The molecule has 1 aromatic carbocycles. The van der Waals surface area contributed by atoms with Crippen LogP contribution in [0.15, 0.2) is 36.4 Å². The van der Waals surface area contributed by atoms with Crippen LogP contribution in [0, 0.1) is 5.41 Å². The van der Waals surface area contributed by atoms with Gasteiger partial charge in [0, 0.05) is 17.3 Å². The van der Waals surface area contributed by atoms with Crippen molar-refractivity contribution < 1.29 is 0 Å². The van der Waals surface area contributed by atoms with Crippen LogP contribution in [0.3, 0.4) is 0 Å². The van der Waals surface area contributed by atoms with Crippen LogP contribution >= 0.6 is 0 Å². The van der Waals surface area contributed by atoms with E-state index in [9.17, 15) is 0 Å². The predicted molar refractivity (Wildman–Crippen MR) is 89.8 cm³/mol. The molecule has 112 valence electrons. The van der Waals surface area contributed by atoms with Crippen LogP contribution in [0.5, 0.6) is 0 Å². The molecule has 1 rings (SSSR count). The van der Waals surface area contributed by atoms with Crippen LogP contribution in [0.2, 0.25) is 0 Å². The number of nitrogens with one attached hydrogen (secondary N) is 1. The van der Waals surface area contributed by atoms with Gasteiger partial charge in [0.2, 0.25) is 0 Å². The van der Waals surface area contributed by atoms with Gasteiger partial charge in [-0.05, 0) is 50.3 Å². The number of nitrogen functional groups attached to an aromatic ring is 1. The fourth-order valence-electron chi connectivity index (χ4n) is 2.20. The summed E-state index contributed by atoms with van der Waals surface area (Å²) in [4.78, 5) is 0. The Morgan fingerprint density at radius 2 is 1.60 bits per heavy atom. The summed E-state index contributed by atoms with van der Waals surface area (Å²) in [5, 5.41) is 3.69. The molecule has 0 aliphatic rings. The van der Waals surface area contributed by atoms with Gasteiger partial charge in [-0.3, -0.25) is 0 Å². The van der Waals surface area contributed by atoms with Crippen LogP contribution in [0.4, 0.5) is 5.69 Å². The van der Waals surface area contributed by atoms with Gasteiger partial charge >= 0.3 is 0 Å². The molecule has 0 radical (unpaired) electrons. The summed E-state index contributed by atoms with van der Waals surface area (Å²) in [5.74, 6) is 0. The van der Waals surface area contributed by atoms with Gasteiger partial charge in [0.05, 0.1) is 0 Å². The molecule has 0 saturated heterocycles. The summed E-state index contributed by atoms with van der Waals surface area (Å²) < 4.78 is 0. The first-order valence-electron chi connectivity index (χ1n) is 7.30. The van der Waals surface area contributed by atoms with E-state index in [4.69, 9.17) is 5.73 Å². The third-order valence-electron chi connectivity index (χ3n) is 3.41. The zero-order chi connectivity index (χ0) is 15.6. The minimum atomic E-state index is 0.0622. The summed E-state index contributed by atoms with van der Waals surface area (Å²) in [7, 11) is 0. The van der Waals surface area contributed by atoms with E-state index >= 15 is 0 Å². The molecular weight excluding hydrogens is 244 g/mol. The summed E-state index contributed by atoms with van der Waals surface area (Å²) in [5.41, 5.74) is 9.24. The molecule has 2 nitrogen and oxygen atoms in total. The molecule has 1 aromatic rings. The van der Waals surface area contributed by atoms with E-state index in [1.54, 1.807) is 0 Å². The highest BCUT2D eigenvalue weighted by Crippen LogP contribution is 2.29. The fourth-order valence-corrected chi connectivity index (χ4v) is 2.20. The van der Waals surface area contributed by atoms with Crippen molar-refractivity contribution in [1.82, 2.24) is 5.32 Å². The largest absolute Gasteiger partial charge is 0.399 e. The number of hydrogen-bond acceptors (Lipinski definition) is 2. The summed E-state index contributed by atoms with van der Waals surface area (Å²) in [6.45, 7) is 17.6. The van der Waals surface area contributed by atoms with Gasteiger partial charge in [-0.2, -0.15) is 0 Å². The van der Waals surface area contributed by atoms with Gasteiger partial charge in [0.1, 0.15) is 0 Å². The highest BCUT2D eigenvalue weighted by atomic mass is 15.0. The molecule has 2 heteroatoms. The lowest BCUT2D eigenvalue weighted by atomic mass is 9.80. The molecule has 0 heterocycles. The molecule has 0 aliphatic carbocycles. The maximum absolute atomic E-state index is 5.76. The second-order valence-corrected chi connectivity index (χ2v) is 7.67. The average Bonchev–Trinajstić information content (AvgIpc) is 2.27. The van der Waals surface area contributed by atoms with Crippen LogP contribution in [0.1, 0.15) is 47.1 Å². The van der Waals surface area contributed by atoms with E-state index in [0.717, 1.165) is 12.1 Å². The van der Waals surface area contributed by atoms with Gasteiger partial charge in [0.15, 0.2) is 0 Å². The minimum Gasteiger partial charge on any atom is -0.399 e. The van der Waals surface area contributed by atoms with Gasteiger partial charge in [0.25, 0.3) is 0 Å². The van der Waals surface area contributed by atoms with Crippen molar-refractivity contribution in [3.8, 4) is 0 Å². The van der Waals surface area contributed by atoms with E-state index < -0.39 is 0 Å². The standard InChI is InChI=1S/C18H30N2/c1-13(17(2,3)4)16(20-18(5,6)7)12-14-8-10-15(19)11-9-14/h8-11,16,20H,1,12,19H2,2-7H3. The maximum atomic E-state index is 5.76. The molecule has 0 bridgehead atoms. The molecule has 0 spiro atoms. The lowest BCUT2D eigenvalue weighted by Crippen LogP contribution is -2.47. The Bertz CT molecular complexity index is 444. The van der Waals surface area contributed by atoms with E-state index in [2.05, 4.69) is 65.6 Å². The van der Waals surface area contributed by atoms with Crippen molar-refractivity contribution >= 4 is 5.69 Å². The zero-order valence-electron chi connectivity index (χ0n) is 13.9. The van der Waals surface area contributed by atoms with E-state index in [0.29, 0.717) is 0 Å². The monoisotopic (exact) mass is 274 g/mol. The highest BCUT2D eigenvalue weighted by molar-refractivity contribution is 5.39. The van der Waals surface area contributed by atoms with E-state index in [1.165, 1.54) is 11.1 Å². The molecule has 0 saturated carbocycles. The van der Waals surface area contributed by atoms with Gasteiger partial charge in [-0.15, -0.1) is 0 Å². The third-order valence-corrected chi connectivity index (χ3v) is 3.41. The second-order valence-electron chi connectivity index (χ2n) is 7.67. The quantitative estimate of drug-likeness (QED) is 0.639. The van der Waals surface area contributed by atoms with E-state index in [-0.39, 0.29) is 17.0 Å². The molecule has 0 fully saturated rings. The lowest BCUT2D eigenvalue weighted by Gasteiger charge is -2.35. The summed E-state index contributed by atoms with van der Waals surface area (Å²) in [6, 6.07) is 8.39. The van der Waals surface area contributed by atoms with Crippen molar-refractivity contribution in [1.29, 1.82) is 0 Å². The van der Waals surface area contributed by atoms with Crippen molar-refractivity contribution in [2.75, 3.05) is 5.73 Å². The van der Waals surface area contributed by atoms with Crippen LogP contribution in [-0.4, -0.2) is 11.6 Å². The first-order valence-corrected chi connectivity index (χ1v) is 7.30. The Morgan fingerprint density at radius 3 is 2.00 bits per heavy atom. The molecule has 0 aliphatic heterocycles. The second kappa shape index (κ2) is 6.01. The third kappa shape index (κ3) is 5.38. The normalized spacial score (nSPS) is 14.1. The summed E-state index contributed by atoms with van der Waals surface area (Å²) in [6.07, 6.45) is 0.938. The molecule has 1 unspecified atom stereocenters. The first-order chi connectivity index (χ1) is 8.99. The molecule has 0 aromatic heterocycles. The fraction of sp³-hybridized carbons (Fsp3) is 0.556. The molecule has 1 atom stereocenters. The van der Waals surface area contributed by atoms with Gasteiger partial charge in [-0.1, -0.05) is 45.1 Å². The van der Waals surface area contributed by atoms with Crippen molar-refractivity contribution in [3.05, 3.63) is 42.0 Å². The number of rotatable bonds is 4. The molecule has 0 amide bonds. The van der Waals surface area contributed by atoms with Crippen molar-refractivity contribution in [2.45, 2.75) is 59.5 Å². The Hall–Kier alpha value is -1.28. The van der Waals surface area contributed by atoms with Crippen LogP contribution < -0.4 is 11.1 Å². The Balaban J connectivity index is 2.93. The Labute approximate surface area is 124 Å². The van der Waals surface area contributed by atoms with Gasteiger partial charge in [-0.25, -0.2) is 0 Å². The van der Waals surface area contributed by atoms with Crippen LogP contribution in [-0.2, 0) is 6.42 Å². The maximum Gasteiger partial charge on any atom is 0.0327 e. The molecule has 20 heavy (non-hydrogen) atoms. The minimum absolute atomic E-state index is 0.0622. The number of anilines is 1. The first kappa shape index (κ1) is 16.8. The van der Waals surface area contributed by atoms with Crippen molar-refractivity contribution in [2.24, 2.45) is 5.41 Å². The van der Waals surface area contributed by atoms with Gasteiger partial charge < -0.3 is 11.1 Å². The van der Waals surface area contributed by atoms with Crippen LogP contribution in [0.25, 0.3) is 0 Å². The Kier molecular flexibility index (Phi) is 5.04. The smallest absolute Gasteiger partial charge is 0.0327 e. The molecular formula is C18H30N2. The Morgan fingerprint density at radius 1 is 1.10 bits per heavy atom. The topological polar surface area (TPSA) is 38.0 Å². The van der Waals surface area contributed by atoms with Crippen molar-refractivity contribution in [3.63, 3.8) is 0 Å². The average molecular weight is 274 g/mol. The zero-order valence-corrected chi connectivity index (χ0v) is 13.9. The SMILES string of the molecule is C=C(C(Cc1ccc(N)cc1)NC(C)(C)C)C(C)(C)C. The molecule has 3 N–H and O–H groups in total. The summed E-state index contributed by atoms with van der Waals surface area (Å²) >= 11 is 0. The lowest BCUT2D eigenvalue weighted by molar-refractivity contribution is 0.343. The number of nitrogens with two attached hydrogens (primary N) is 1. The number of benzene rings is 1. The number of hydrogen-bond donors (Lipinski definition) is 2. The van der Waals surface area contributed by atoms with E-state index in [1.807, 2.05) is 12.1 Å². The predicted octanol–water partition coefficient (Wildman–Crippen LogP) is 4.17. The highest BCUT2D eigenvalue weighted by Gasteiger charge is 2.26.